The number of amides is 1. The molecular formula is C21H27N3O3. The number of likely N-dealkylation sites (N-methyl/N-ethyl adjacent to an activating group) is 1. The van der Waals surface area contributed by atoms with Crippen LogP contribution in [0, 0.1) is 0 Å². The molecule has 2 aromatic carbocycles. The van der Waals surface area contributed by atoms with Crippen LogP contribution in [0.15, 0.2) is 54.6 Å². The Balaban J connectivity index is 1.82. The normalized spacial score (nSPS) is 15.5. The predicted octanol–water partition coefficient (Wildman–Crippen LogP) is 1.97. The van der Waals surface area contributed by atoms with E-state index in [2.05, 4.69) is 16.8 Å². The van der Waals surface area contributed by atoms with Crippen LogP contribution in [0.3, 0.4) is 0 Å². The van der Waals surface area contributed by atoms with E-state index in [1.54, 1.807) is 4.90 Å². The molecular weight excluding hydrogens is 342 g/mol. The minimum atomic E-state index is -0.0467. The molecule has 6 heteroatoms. The van der Waals surface area contributed by atoms with Gasteiger partial charge in [-0.25, -0.2) is 0 Å². The van der Waals surface area contributed by atoms with E-state index in [9.17, 15) is 4.79 Å². The highest BCUT2D eigenvalue weighted by Crippen LogP contribution is 2.28. The summed E-state index contributed by atoms with van der Waals surface area (Å²) in [6, 6.07) is 17.1. The third-order valence-corrected chi connectivity index (χ3v) is 4.65. The van der Waals surface area contributed by atoms with E-state index >= 15 is 0 Å². The largest absolute Gasteiger partial charge is 0.491 e. The lowest BCUT2D eigenvalue weighted by molar-refractivity contribution is -0.119. The summed E-state index contributed by atoms with van der Waals surface area (Å²) in [5.41, 5.74) is 1.59. The Morgan fingerprint density at radius 1 is 1.04 bits per heavy atom. The topological polar surface area (TPSA) is 56.2 Å². The number of carbonyl (C=O) groups is 1. The third kappa shape index (κ3) is 5.29. The van der Waals surface area contributed by atoms with Gasteiger partial charge in [-0.05, 0) is 31.3 Å². The number of anilines is 2. The number of hydrogen-bond donors (Lipinski definition) is 1. The van der Waals surface area contributed by atoms with Crippen LogP contribution < -0.4 is 9.64 Å². The van der Waals surface area contributed by atoms with Gasteiger partial charge in [-0.2, -0.15) is 0 Å². The quantitative estimate of drug-likeness (QED) is 0.809. The molecule has 1 heterocycles. The Morgan fingerprint density at radius 3 is 2.44 bits per heavy atom. The summed E-state index contributed by atoms with van der Waals surface area (Å²) >= 11 is 0. The van der Waals surface area contributed by atoms with Crippen LogP contribution >= 0.6 is 0 Å². The van der Waals surface area contributed by atoms with Crippen LogP contribution in [0.25, 0.3) is 0 Å². The Hall–Kier alpha value is -2.41. The zero-order chi connectivity index (χ0) is 19.1. The summed E-state index contributed by atoms with van der Waals surface area (Å²) in [5, 5.41) is 8.97. The van der Waals surface area contributed by atoms with Crippen LogP contribution in [-0.2, 0) is 4.79 Å². The second kappa shape index (κ2) is 9.50. The summed E-state index contributed by atoms with van der Waals surface area (Å²) in [5.74, 6) is 0.667. The average Bonchev–Trinajstić information content (AvgIpc) is 2.69. The molecule has 1 N–H and O–H groups in total. The third-order valence-electron chi connectivity index (χ3n) is 4.65. The van der Waals surface area contributed by atoms with Gasteiger partial charge in [-0.15, -0.1) is 0 Å². The predicted molar refractivity (Wildman–Crippen MR) is 107 cm³/mol. The number of benzene rings is 2. The van der Waals surface area contributed by atoms with Gasteiger partial charge in [-0.1, -0.05) is 24.3 Å². The van der Waals surface area contributed by atoms with E-state index in [0.29, 0.717) is 12.3 Å². The molecule has 1 aliphatic heterocycles. The highest BCUT2D eigenvalue weighted by molar-refractivity contribution is 6.01. The van der Waals surface area contributed by atoms with Gasteiger partial charge in [0, 0.05) is 37.9 Å². The summed E-state index contributed by atoms with van der Waals surface area (Å²) < 4.78 is 5.52. The lowest BCUT2D eigenvalue weighted by Gasteiger charge is -2.33. The number of nitrogens with zero attached hydrogens (tertiary/aromatic N) is 3. The second-order valence-corrected chi connectivity index (χ2v) is 6.71. The van der Waals surface area contributed by atoms with Crippen LogP contribution in [0.4, 0.5) is 11.4 Å². The van der Waals surface area contributed by atoms with Gasteiger partial charge in [0.1, 0.15) is 12.4 Å². The highest BCUT2D eigenvalue weighted by Gasteiger charge is 2.23. The van der Waals surface area contributed by atoms with Crippen molar-refractivity contribution in [1.82, 2.24) is 9.80 Å². The van der Waals surface area contributed by atoms with E-state index in [1.165, 1.54) is 0 Å². The molecule has 0 bridgehead atoms. The molecule has 1 aliphatic rings. The Morgan fingerprint density at radius 2 is 1.74 bits per heavy atom. The lowest BCUT2D eigenvalue weighted by atomic mass is 10.2. The van der Waals surface area contributed by atoms with E-state index in [-0.39, 0.29) is 19.1 Å². The molecule has 0 spiro atoms. The Kier molecular flexibility index (Phi) is 6.81. The van der Waals surface area contributed by atoms with Gasteiger partial charge in [0.25, 0.3) is 0 Å². The van der Waals surface area contributed by atoms with Crippen molar-refractivity contribution in [3.05, 3.63) is 54.6 Å². The lowest BCUT2D eigenvalue weighted by Crippen LogP contribution is -2.48. The molecule has 1 fully saturated rings. The van der Waals surface area contributed by atoms with Gasteiger partial charge in [0.05, 0.1) is 18.8 Å². The first-order valence-corrected chi connectivity index (χ1v) is 9.30. The molecule has 0 radical (unpaired) electrons. The van der Waals surface area contributed by atoms with E-state index in [1.807, 2.05) is 54.6 Å². The van der Waals surface area contributed by atoms with Crippen molar-refractivity contribution in [1.29, 1.82) is 0 Å². The van der Waals surface area contributed by atoms with Crippen molar-refractivity contribution < 1.29 is 14.6 Å². The molecule has 0 atom stereocenters. The number of piperazine rings is 1. The minimum absolute atomic E-state index is 0.0325. The summed E-state index contributed by atoms with van der Waals surface area (Å²) in [6.45, 7) is 4.30. The molecule has 3 rings (SSSR count). The van der Waals surface area contributed by atoms with Crippen LogP contribution in [0.2, 0.25) is 0 Å². The number of carbonyl (C=O) groups excluding carboxylic acids is 1. The minimum Gasteiger partial charge on any atom is -0.491 e. The molecule has 144 valence electrons. The van der Waals surface area contributed by atoms with Crippen LogP contribution in [0.5, 0.6) is 5.75 Å². The zero-order valence-electron chi connectivity index (χ0n) is 15.8. The summed E-state index contributed by atoms with van der Waals surface area (Å²) in [4.78, 5) is 19.4. The van der Waals surface area contributed by atoms with Crippen molar-refractivity contribution >= 4 is 17.3 Å². The standard InChI is InChI=1S/C21H27N3O3/c1-22-10-12-23(13-11-22)17-21(26)24(18-6-3-2-4-7-18)19-8-5-9-20(16-19)27-15-14-25/h2-9,16,25H,10-15,17H2,1H3. The second-order valence-electron chi connectivity index (χ2n) is 6.71. The van der Waals surface area contributed by atoms with Gasteiger partial charge < -0.3 is 14.7 Å². The van der Waals surface area contributed by atoms with Crippen molar-refractivity contribution in [3.8, 4) is 5.75 Å². The van der Waals surface area contributed by atoms with E-state index < -0.39 is 0 Å². The number of para-hydroxylation sites is 1. The number of aliphatic hydroxyl groups excluding tert-OH is 1. The van der Waals surface area contributed by atoms with Gasteiger partial charge >= 0.3 is 0 Å². The highest BCUT2D eigenvalue weighted by atomic mass is 16.5. The molecule has 1 saturated heterocycles. The van der Waals surface area contributed by atoms with Crippen molar-refractivity contribution in [2.45, 2.75) is 0 Å². The van der Waals surface area contributed by atoms with E-state index in [4.69, 9.17) is 9.84 Å². The van der Waals surface area contributed by atoms with Crippen molar-refractivity contribution in [3.63, 3.8) is 0 Å². The molecule has 2 aromatic rings. The monoisotopic (exact) mass is 369 g/mol. The maximum absolute atomic E-state index is 13.2. The van der Waals surface area contributed by atoms with Crippen molar-refractivity contribution in [2.24, 2.45) is 0 Å². The number of ether oxygens (including phenoxy) is 1. The molecule has 0 aliphatic carbocycles. The smallest absolute Gasteiger partial charge is 0.245 e. The molecule has 0 aromatic heterocycles. The number of rotatable bonds is 7. The number of aliphatic hydroxyl groups is 1. The first-order chi connectivity index (χ1) is 13.2. The van der Waals surface area contributed by atoms with Crippen LogP contribution in [-0.4, -0.2) is 73.8 Å². The molecule has 0 unspecified atom stereocenters. The first-order valence-electron chi connectivity index (χ1n) is 9.30. The van der Waals surface area contributed by atoms with Crippen molar-refractivity contribution in [2.75, 3.05) is 57.9 Å². The Labute approximate surface area is 160 Å². The Bertz CT molecular complexity index is 730. The molecule has 27 heavy (non-hydrogen) atoms. The molecule has 6 nitrogen and oxygen atoms in total. The molecule has 1 amide bonds. The summed E-state index contributed by atoms with van der Waals surface area (Å²) in [6.07, 6.45) is 0. The maximum atomic E-state index is 13.2. The first kappa shape index (κ1) is 19.4. The van der Waals surface area contributed by atoms with E-state index in [0.717, 1.165) is 37.6 Å². The average molecular weight is 369 g/mol. The fourth-order valence-electron chi connectivity index (χ4n) is 3.16. The maximum Gasteiger partial charge on any atom is 0.245 e. The SMILES string of the molecule is CN1CCN(CC(=O)N(c2ccccc2)c2cccc(OCCO)c2)CC1. The van der Waals surface area contributed by atoms with Gasteiger partial charge in [-0.3, -0.25) is 14.6 Å². The van der Waals surface area contributed by atoms with Crippen LogP contribution in [0.1, 0.15) is 0 Å². The van der Waals surface area contributed by atoms with Gasteiger partial charge in [0.2, 0.25) is 5.91 Å². The van der Waals surface area contributed by atoms with Gasteiger partial charge in [0.15, 0.2) is 0 Å². The zero-order valence-corrected chi connectivity index (χ0v) is 15.8. The summed E-state index contributed by atoms with van der Waals surface area (Å²) in [7, 11) is 2.10. The fraction of sp³-hybridized carbons (Fsp3) is 0.381. The fourth-order valence-corrected chi connectivity index (χ4v) is 3.16. The number of hydrogen-bond acceptors (Lipinski definition) is 5. The molecule has 0 saturated carbocycles.